The van der Waals surface area contributed by atoms with Gasteiger partial charge in [-0.05, 0) is 19.8 Å². The minimum atomic E-state index is -0.734. The highest BCUT2D eigenvalue weighted by molar-refractivity contribution is 7.11. The minimum Gasteiger partial charge on any atom is -0.481 e. The molecule has 0 saturated carbocycles. The van der Waals surface area contributed by atoms with Crippen LogP contribution in [0.15, 0.2) is 0 Å². The first-order valence-corrected chi connectivity index (χ1v) is 5.45. The summed E-state index contributed by atoms with van der Waals surface area (Å²) in [5.41, 5.74) is 1.06. The summed E-state index contributed by atoms with van der Waals surface area (Å²) in [6, 6.07) is 0. The van der Waals surface area contributed by atoms with Crippen molar-refractivity contribution in [1.82, 2.24) is 4.98 Å². The van der Waals surface area contributed by atoms with E-state index >= 15 is 0 Å². The quantitative estimate of drug-likeness (QED) is 0.835. The molecule has 0 amide bonds. The van der Waals surface area contributed by atoms with Crippen LogP contribution in [0.2, 0.25) is 0 Å². The van der Waals surface area contributed by atoms with E-state index in [9.17, 15) is 4.79 Å². The number of rotatable bonds is 4. The maximum absolute atomic E-state index is 10.5. The number of aryl methyl sites for hydroxylation is 2. The van der Waals surface area contributed by atoms with E-state index in [0.717, 1.165) is 17.1 Å². The summed E-state index contributed by atoms with van der Waals surface area (Å²) in [6.45, 7) is 5.97. The Bertz CT molecular complexity index is 313. The van der Waals surface area contributed by atoms with E-state index in [1.807, 2.05) is 20.8 Å². The molecular weight excluding hydrogens is 198 g/mol. The molecule has 0 aromatic carbocycles. The van der Waals surface area contributed by atoms with Crippen molar-refractivity contribution in [3.8, 4) is 0 Å². The Morgan fingerprint density at radius 1 is 1.57 bits per heavy atom. The van der Waals surface area contributed by atoms with Crippen LogP contribution >= 0.6 is 11.3 Å². The van der Waals surface area contributed by atoms with Crippen molar-refractivity contribution >= 4 is 17.3 Å². The molecule has 0 aliphatic carbocycles. The van der Waals surface area contributed by atoms with Crippen molar-refractivity contribution in [2.45, 2.75) is 33.6 Å². The van der Waals surface area contributed by atoms with E-state index in [2.05, 4.69) is 4.98 Å². The molecule has 4 heteroatoms. The first-order valence-electron chi connectivity index (χ1n) is 4.63. The number of carboxylic acids is 1. The number of nitrogens with zero attached hydrogens (tertiary/aromatic N) is 1. The van der Waals surface area contributed by atoms with Gasteiger partial charge in [-0.3, -0.25) is 4.79 Å². The van der Waals surface area contributed by atoms with E-state index in [1.165, 1.54) is 4.88 Å². The lowest BCUT2D eigenvalue weighted by atomic mass is 10.1. The molecule has 1 rings (SSSR count). The van der Waals surface area contributed by atoms with Crippen molar-refractivity contribution in [3.63, 3.8) is 0 Å². The summed E-state index contributed by atoms with van der Waals surface area (Å²) in [5, 5.41) is 9.65. The van der Waals surface area contributed by atoms with E-state index < -0.39 is 5.97 Å². The Kier molecular flexibility index (Phi) is 3.63. The molecule has 1 aromatic heterocycles. The monoisotopic (exact) mass is 213 g/mol. The lowest BCUT2D eigenvalue weighted by molar-refractivity contribution is -0.137. The van der Waals surface area contributed by atoms with Gasteiger partial charge in [0.25, 0.3) is 0 Å². The van der Waals surface area contributed by atoms with Gasteiger partial charge in [-0.25, -0.2) is 4.98 Å². The molecule has 1 atom stereocenters. The Labute approximate surface area is 87.8 Å². The van der Waals surface area contributed by atoms with Gasteiger partial charge < -0.3 is 5.11 Å². The van der Waals surface area contributed by atoms with Gasteiger partial charge in [-0.1, -0.05) is 6.92 Å². The SMILES string of the molecule is Cc1nc(CC(C)CC(=O)O)sc1C. The maximum atomic E-state index is 10.5. The molecule has 0 aliphatic rings. The molecule has 78 valence electrons. The standard InChI is InChI=1S/C10H15NO2S/c1-6(5-10(12)13)4-9-11-7(2)8(3)14-9/h6H,4-5H2,1-3H3,(H,12,13). The Morgan fingerprint density at radius 3 is 2.64 bits per heavy atom. The predicted molar refractivity (Wildman–Crippen MR) is 56.7 cm³/mol. The number of carbonyl (C=O) groups is 1. The highest BCUT2D eigenvalue weighted by Gasteiger charge is 2.11. The zero-order valence-electron chi connectivity index (χ0n) is 8.70. The first kappa shape index (κ1) is 11.2. The van der Waals surface area contributed by atoms with Crippen LogP contribution in [0.5, 0.6) is 0 Å². The van der Waals surface area contributed by atoms with Gasteiger partial charge in [-0.2, -0.15) is 0 Å². The highest BCUT2D eigenvalue weighted by atomic mass is 32.1. The number of thiazole rings is 1. The van der Waals surface area contributed by atoms with Crippen molar-refractivity contribution in [2.24, 2.45) is 5.92 Å². The second-order valence-electron chi connectivity index (χ2n) is 3.66. The van der Waals surface area contributed by atoms with Crippen molar-refractivity contribution in [2.75, 3.05) is 0 Å². The number of aliphatic carboxylic acids is 1. The van der Waals surface area contributed by atoms with Crippen molar-refractivity contribution < 1.29 is 9.90 Å². The average Bonchev–Trinajstić information content (AvgIpc) is 2.28. The highest BCUT2D eigenvalue weighted by Crippen LogP contribution is 2.20. The molecule has 14 heavy (non-hydrogen) atoms. The number of carboxylic acid groups (broad SMARTS) is 1. The molecule has 1 aromatic rings. The van der Waals surface area contributed by atoms with Gasteiger partial charge in [0.1, 0.15) is 0 Å². The normalized spacial score (nSPS) is 12.8. The zero-order valence-corrected chi connectivity index (χ0v) is 9.52. The lowest BCUT2D eigenvalue weighted by Gasteiger charge is -2.04. The molecular formula is C10H15NO2S. The van der Waals surface area contributed by atoms with Crippen LogP contribution in [-0.2, 0) is 11.2 Å². The third-order valence-corrected chi connectivity index (χ3v) is 3.21. The number of hydrogen-bond acceptors (Lipinski definition) is 3. The Hall–Kier alpha value is -0.900. The van der Waals surface area contributed by atoms with Crippen LogP contribution in [0, 0.1) is 19.8 Å². The fourth-order valence-corrected chi connectivity index (χ4v) is 2.39. The van der Waals surface area contributed by atoms with E-state index in [-0.39, 0.29) is 12.3 Å². The zero-order chi connectivity index (χ0) is 10.7. The minimum absolute atomic E-state index is 0.164. The van der Waals surface area contributed by atoms with Gasteiger partial charge >= 0.3 is 5.97 Å². The third kappa shape index (κ3) is 3.10. The lowest BCUT2D eigenvalue weighted by Crippen LogP contribution is -2.06. The number of aromatic nitrogens is 1. The Balaban J connectivity index is 2.56. The maximum Gasteiger partial charge on any atom is 0.303 e. The predicted octanol–water partition coefficient (Wildman–Crippen LogP) is 2.41. The topological polar surface area (TPSA) is 50.2 Å². The fraction of sp³-hybridized carbons (Fsp3) is 0.600. The summed E-state index contributed by atoms with van der Waals surface area (Å²) < 4.78 is 0. The number of hydrogen-bond donors (Lipinski definition) is 1. The molecule has 0 radical (unpaired) electrons. The smallest absolute Gasteiger partial charge is 0.303 e. The molecule has 0 saturated heterocycles. The van der Waals surface area contributed by atoms with Crippen LogP contribution in [-0.4, -0.2) is 16.1 Å². The molecule has 1 unspecified atom stereocenters. The molecule has 0 aliphatic heterocycles. The summed E-state index contributed by atoms with van der Waals surface area (Å²) in [5.74, 6) is -0.569. The van der Waals surface area contributed by atoms with Gasteiger partial charge in [0, 0.05) is 17.7 Å². The van der Waals surface area contributed by atoms with Crippen LogP contribution in [0.25, 0.3) is 0 Å². The molecule has 1 heterocycles. The second-order valence-corrected chi connectivity index (χ2v) is 4.94. The van der Waals surface area contributed by atoms with Crippen molar-refractivity contribution in [1.29, 1.82) is 0 Å². The fourth-order valence-electron chi connectivity index (χ4n) is 1.29. The van der Waals surface area contributed by atoms with Crippen LogP contribution in [0.3, 0.4) is 0 Å². The van der Waals surface area contributed by atoms with E-state index in [0.29, 0.717) is 0 Å². The molecule has 0 spiro atoms. The van der Waals surface area contributed by atoms with E-state index in [1.54, 1.807) is 11.3 Å². The third-order valence-electron chi connectivity index (χ3n) is 2.12. The Morgan fingerprint density at radius 2 is 2.21 bits per heavy atom. The largest absolute Gasteiger partial charge is 0.481 e. The molecule has 1 N–H and O–H groups in total. The van der Waals surface area contributed by atoms with Gasteiger partial charge in [0.05, 0.1) is 10.7 Å². The molecule has 3 nitrogen and oxygen atoms in total. The summed E-state index contributed by atoms with van der Waals surface area (Å²) in [7, 11) is 0. The van der Waals surface area contributed by atoms with Crippen molar-refractivity contribution in [3.05, 3.63) is 15.6 Å². The average molecular weight is 213 g/mol. The summed E-state index contributed by atoms with van der Waals surface area (Å²) in [6.07, 6.45) is 0.989. The van der Waals surface area contributed by atoms with Gasteiger partial charge in [0.15, 0.2) is 0 Å². The van der Waals surface area contributed by atoms with E-state index in [4.69, 9.17) is 5.11 Å². The first-order chi connectivity index (χ1) is 6.49. The summed E-state index contributed by atoms with van der Waals surface area (Å²) in [4.78, 5) is 16.1. The van der Waals surface area contributed by atoms with Gasteiger partial charge in [-0.15, -0.1) is 11.3 Å². The van der Waals surface area contributed by atoms with Gasteiger partial charge in [0.2, 0.25) is 0 Å². The van der Waals surface area contributed by atoms with Crippen LogP contribution in [0.1, 0.15) is 28.9 Å². The van der Waals surface area contributed by atoms with Crippen LogP contribution < -0.4 is 0 Å². The van der Waals surface area contributed by atoms with Crippen LogP contribution in [0.4, 0.5) is 0 Å². The second kappa shape index (κ2) is 4.55. The summed E-state index contributed by atoms with van der Waals surface area (Å²) >= 11 is 1.67. The molecule has 0 fully saturated rings. The molecule has 0 bridgehead atoms.